The molecule has 0 heterocycles. The van der Waals surface area contributed by atoms with Crippen molar-refractivity contribution in [1.82, 2.24) is 0 Å². The Morgan fingerprint density at radius 2 is 1.12 bits per heavy atom. The molecule has 1 heteroatoms. The summed E-state index contributed by atoms with van der Waals surface area (Å²) < 4.78 is 5.60. The van der Waals surface area contributed by atoms with Crippen LogP contribution in [0.2, 0.25) is 0 Å². The highest BCUT2D eigenvalue weighted by molar-refractivity contribution is 4.80. The van der Waals surface area contributed by atoms with Crippen LogP contribution in [-0.2, 0) is 4.74 Å². The number of rotatable bonds is 12. The van der Waals surface area contributed by atoms with Crippen LogP contribution < -0.4 is 0 Å². The molecule has 0 aromatic heterocycles. The van der Waals surface area contributed by atoms with E-state index >= 15 is 0 Å². The third kappa shape index (κ3) is 15.4. The molecule has 0 aliphatic heterocycles. The van der Waals surface area contributed by atoms with Gasteiger partial charge in [0, 0.05) is 13.2 Å². The highest BCUT2D eigenvalue weighted by Crippen LogP contribution is 2.01. The summed E-state index contributed by atoms with van der Waals surface area (Å²) in [7, 11) is 0. The zero-order valence-corrected chi connectivity index (χ0v) is 11.8. The van der Waals surface area contributed by atoms with Crippen LogP contribution in [0.25, 0.3) is 0 Å². The van der Waals surface area contributed by atoms with Crippen molar-refractivity contribution in [3.63, 3.8) is 0 Å². The fraction of sp³-hybridized carbons (Fsp3) is 0.750. The van der Waals surface area contributed by atoms with Gasteiger partial charge >= 0.3 is 0 Å². The first-order valence-electron chi connectivity index (χ1n) is 7.29. The average Bonchev–Trinajstić information content (AvgIpc) is 2.35. The third-order valence-corrected chi connectivity index (χ3v) is 2.62. The largest absolute Gasteiger partial charge is 0.381 e. The van der Waals surface area contributed by atoms with Gasteiger partial charge in [-0.1, -0.05) is 38.2 Å². The molecule has 0 fully saturated rings. The molecule has 0 amide bonds. The van der Waals surface area contributed by atoms with Crippen molar-refractivity contribution in [2.75, 3.05) is 13.2 Å². The Morgan fingerprint density at radius 1 is 0.647 bits per heavy atom. The second-order valence-electron chi connectivity index (χ2n) is 4.36. The van der Waals surface area contributed by atoms with Crippen LogP contribution in [0.15, 0.2) is 24.3 Å². The molecule has 0 spiro atoms. The van der Waals surface area contributed by atoms with Gasteiger partial charge in [0.1, 0.15) is 0 Å². The molecule has 0 unspecified atom stereocenters. The second kappa shape index (κ2) is 15.4. The summed E-state index contributed by atoms with van der Waals surface area (Å²) in [5.74, 6) is 0. The molecular formula is C16H30O. The number of hydrogen-bond donors (Lipinski definition) is 0. The van der Waals surface area contributed by atoms with Gasteiger partial charge in [-0.25, -0.2) is 0 Å². The van der Waals surface area contributed by atoms with Crippen molar-refractivity contribution in [2.45, 2.75) is 65.2 Å². The van der Waals surface area contributed by atoms with E-state index in [0.717, 1.165) is 26.1 Å². The van der Waals surface area contributed by atoms with E-state index in [2.05, 4.69) is 38.2 Å². The summed E-state index contributed by atoms with van der Waals surface area (Å²) in [6, 6.07) is 0. The van der Waals surface area contributed by atoms with E-state index in [1.807, 2.05) is 0 Å². The number of ether oxygens (including phenoxy) is 1. The van der Waals surface area contributed by atoms with Gasteiger partial charge in [0.25, 0.3) is 0 Å². The van der Waals surface area contributed by atoms with Crippen molar-refractivity contribution >= 4 is 0 Å². The Balaban J connectivity index is 2.98. The fourth-order valence-electron chi connectivity index (χ4n) is 1.60. The summed E-state index contributed by atoms with van der Waals surface area (Å²) in [5, 5.41) is 0. The Kier molecular flexibility index (Phi) is 14.9. The number of allylic oxidation sites excluding steroid dienone is 4. The van der Waals surface area contributed by atoms with Crippen LogP contribution in [0.1, 0.15) is 65.2 Å². The summed E-state index contributed by atoms with van der Waals surface area (Å²) in [6.45, 7) is 6.22. The first-order valence-corrected chi connectivity index (χ1v) is 7.29. The highest BCUT2D eigenvalue weighted by Gasteiger charge is 1.89. The van der Waals surface area contributed by atoms with Gasteiger partial charge in [0.05, 0.1) is 0 Å². The minimum atomic E-state index is 0.935. The summed E-state index contributed by atoms with van der Waals surface area (Å²) >= 11 is 0. The fourth-order valence-corrected chi connectivity index (χ4v) is 1.60. The maximum atomic E-state index is 5.60. The molecular weight excluding hydrogens is 208 g/mol. The van der Waals surface area contributed by atoms with E-state index in [4.69, 9.17) is 4.74 Å². The molecule has 0 atom stereocenters. The Hall–Kier alpha value is -0.560. The molecule has 0 saturated carbocycles. The van der Waals surface area contributed by atoms with E-state index in [1.54, 1.807) is 0 Å². The Morgan fingerprint density at radius 3 is 1.53 bits per heavy atom. The topological polar surface area (TPSA) is 9.23 Å². The highest BCUT2D eigenvalue weighted by atomic mass is 16.5. The average molecular weight is 238 g/mol. The normalized spacial score (nSPS) is 11.9. The van der Waals surface area contributed by atoms with E-state index in [-0.39, 0.29) is 0 Å². The molecule has 0 N–H and O–H groups in total. The van der Waals surface area contributed by atoms with E-state index in [1.165, 1.54) is 38.5 Å². The van der Waals surface area contributed by atoms with Crippen LogP contribution in [0.5, 0.6) is 0 Å². The molecule has 0 aromatic carbocycles. The van der Waals surface area contributed by atoms with Crippen molar-refractivity contribution in [2.24, 2.45) is 0 Å². The standard InChI is InChI=1S/C16H30O/c1-3-5-7-9-11-13-15-17-16-14-12-10-8-6-4-2/h5-8H,3-4,9-16H2,1-2H3/b7-5-,8-6-. The van der Waals surface area contributed by atoms with Crippen molar-refractivity contribution in [3.05, 3.63) is 24.3 Å². The second-order valence-corrected chi connectivity index (χ2v) is 4.36. The minimum absolute atomic E-state index is 0.935. The van der Waals surface area contributed by atoms with Gasteiger partial charge in [-0.05, 0) is 51.4 Å². The third-order valence-electron chi connectivity index (χ3n) is 2.62. The Labute approximate surface area is 108 Å². The van der Waals surface area contributed by atoms with Gasteiger partial charge in [0.2, 0.25) is 0 Å². The van der Waals surface area contributed by atoms with E-state index in [0.29, 0.717) is 0 Å². The zero-order valence-electron chi connectivity index (χ0n) is 11.8. The van der Waals surface area contributed by atoms with Gasteiger partial charge in [-0.3, -0.25) is 0 Å². The molecule has 17 heavy (non-hydrogen) atoms. The lowest BCUT2D eigenvalue weighted by molar-refractivity contribution is 0.127. The SMILES string of the molecule is CC/C=C\CCCCOCCCC/C=C\CC. The molecule has 0 bridgehead atoms. The minimum Gasteiger partial charge on any atom is -0.381 e. The van der Waals surface area contributed by atoms with Gasteiger partial charge in [-0.2, -0.15) is 0 Å². The van der Waals surface area contributed by atoms with Crippen LogP contribution in [0.3, 0.4) is 0 Å². The lowest BCUT2D eigenvalue weighted by atomic mass is 10.2. The Bertz CT molecular complexity index is 162. The lowest BCUT2D eigenvalue weighted by Crippen LogP contribution is -1.96. The van der Waals surface area contributed by atoms with Crippen LogP contribution >= 0.6 is 0 Å². The summed E-state index contributed by atoms with van der Waals surface area (Å²) in [5.41, 5.74) is 0. The van der Waals surface area contributed by atoms with Crippen LogP contribution in [0, 0.1) is 0 Å². The van der Waals surface area contributed by atoms with E-state index in [9.17, 15) is 0 Å². The predicted molar refractivity (Wildman–Crippen MR) is 77.4 cm³/mol. The summed E-state index contributed by atoms with van der Waals surface area (Å²) in [6.07, 6.45) is 18.7. The molecule has 0 saturated heterocycles. The molecule has 1 nitrogen and oxygen atoms in total. The molecule has 0 rings (SSSR count). The smallest absolute Gasteiger partial charge is 0.0466 e. The van der Waals surface area contributed by atoms with Crippen molar-refractivity contribution in [3.8, 4) is 0 Å². The molecule has 0 aliphatic rings. The predicted octanol–water partition coefficient (Wildman–Crippen LogP) is 5.28. The first-order chi connectivity index (χ1) is 8.41. The van der Waals surface area contributed by atoms with Crippen molar-refractivity contribution in [1.29, 1.82) is 0 Å². The lowest BCUT2D eigenvalue weighted by Gasteiger charge is -2.02. The van der Waals surface area contributed by atoms with Gasteiger partial charge in [-0.15, -0.1) is 0 Å². The quantitative estimate of drug-likeness (QED) is 0.332. The summed E-state index contributed by atoms with van der Waals surface area (Å²) in [4.78, 5) is 0. The monoisotopic (exact) mass is 238 g/mol. The van der Waals surface area contributed by atoms with Crippen LogP contribution in [-0.4, -0.2) is 13.2 Å². The first kappa shape index (κ1) is 16.4. The molecule has 100 valence electrons. The van der Waals surface area contributed by atoms with E-state index < -0.39 is 0 Å². The zero-order chi connectivity index (χ0) is 12.6. The van der Waals surface area contributed by atoms with Crippen molar-refractivity contribution < 1.29 is 4.74 Å². The van der Waals surface area contributed by atoms with Gasteiger partial charge in [0.15, 0.2) is 0 Å². The molecule has 0 radical (unpaired) electrons. The number of unbranched alkanes of at least 4 members (excludes halogenated alkanes) is 4. The number of hydrogen-bond acceptors (Lipinski definition) is 1. The molecule has 0 aromatic rings. The van der Waals surface area contributed by atoms with Gasteiger partial charge < -0.3 is 4.74 Å². The maximum absolute atomic E-state index is 5.60. The maximum Gasteiger partial charge on any atom is 0.0466 e. The van der Waals surface area contributed by atoms with Crippen LogP contribution in [0.4, 0.5) is 0 Å². The molecule has 0 aliphatic carbocycles.